The summed E-state index contributed by atoms with van der Waals surface area (Å²) in [6.45, 7) is 5.75. The van der Waals surface area contributed by atoms with Crippen molar-refractivity contribution in [1.29, 1.82) is 0 Å². The van der Waals surface area contributed by atoms with Crippen LogP contribution >= 0.6 is 11.6 Å². The van der Waals surface area contributed by atoms with Gasteiger partial charge in [0.15, 0.2) is 0 Å². The summed E-state index contributed by atoms with van der Waals surface area (Å²) >= 11 is 6.23. The summed E-state index contributed by atoms with van der Waals surface area (Å²) in [5.74, 6) is -0.457. The lowest BCUT2D eigenvalue weighted by atomic mass is 10.1. The number of carbonyl (C=O) groups excluding carboxylic acids is 1. The van der Waals surface area contributed by atoms with Crippen LogP contribution in [-0.4, -0.2) is 17.6 Å². The highest BCUT2D eigenvalue weighted by Crippen LogP contribution is 2.27. The minimum Gasteiger partial charge on any atom is -0.462 e. The van der Waals surface area contributed by atoms with E-state index in [2.05, 4.69) is 11.6 Å². The van der Waals surface area contributed by atoms with Crippen LogP contribution < -0.4 is 0 Å². The second-order valence-electron chi connectivity index (χ2n) is 3.69. The Morgan fingerprint density at radius 2 is 2.33 bits per heavy atom. The fraction of sp³-hybridized carbons (Fsp3) is 0.143. The van der Waals surface area contributed by atoms with Crippen LogP contribution in [0.15, 0.2) is 31.0 Å². The molecule has 0 fully saturated rings. The van der Waals surface area contributed by atoms with Gasteiger partial charge in [0.2, 0.25) is 0 Å². The Balaban J connectivity index is 2.61. The monoisotopic (exact) mass is 261 g/mol. The molecule has 4 heteroatoms. The number of rotatable bonds is 3. The molecule has 18 heavy (non-hydrogen) atoms. The predicted octanol–water partition coefficient (Wildman–Crippen LogP) is 3.71. The van der Waals surface area contributed by atoms with E-state index in [9.17, 15) is 4.79 Å². The zero-order valence-corrected chi connectivity index (χ0v) is 10.7. The van der Waals surface area contributed by atoms with E-state index in [1.165, 1.54) is 6.20 Å². The smallest absolute Gasteiger partial charge is 0.341 e. The number of hydrogen-bond acceptors (Lipinski definition) is 3. The Labute approximate surface area is 110 Å². The highest BCUT2D eigenvalue weighted by Gasteiger charge is 2.14. The number of esters is 1. The van der Waals surface area contributed by atoms with Gasteiger partial charge in [-0.1, -0.05) is 30.3 Å². The van der Waals surface area contributed by atoms with Gasteiger partial charge in [-0.05, 0) is 24.6 Å². The molecule has 0 radical (unpaired) electrons. The van der Waals surface area contributed by atoms with E-state index in [0.717, 1.165) is 16.5 Å². The average molecular weight is 262 g/mol. The summed E-state index contributed by atoms with van der Waals surface area (Å²) in [6.07, 6.45) is 3.16. The van der Waals surface area contributed by atoms with E-state index in [4.69, 9.17) is 16.3 Å². The molecule has 0 unspecified atom stereocenters. The first-order chi connectivity index (χ1) is 8.67. The van der Waals surface area contributed by atoms with Gasteiger partial charge in [-0.3, -0.25) is 4.98 Å². The molecule has 0 bridgehead atoms. The van der Waals surface area contributed by atoms with Crippen molar-refractivity contribution in [3.8, 4) is 0 Å². The molecule has 0 saturated heterocycles. The summed E-state index contributed by atoms with van der Waals surface area (Å²) in [6, 6.07) is 5.58. The maximum atomic E-state index is 11.7. The Kier molecular flexibility index (Phi) is 3.63. The number of hydrogen-bond donors (Lipinski definition) is 0. The Hall–Kier alpha value is -1.87. The third-order valence-electron chi connectivity index (χ3n) is 2.56. The molecule has 0 aliphatic heterocycles. The lowest BCUT2D eigenvalue weighted by Gasteiger charge is -2.07. The highest BCUT2D eigenvalue weighted by atomic mass is 35.5. The molecule has 0 spiro atoms. The van der Waals surface area contributed by atoms with Gasteiger partial charge in [0.05, 0.1) is 22.7 Å². The SMILES string of the molecule is C=Cc1ccc2ncc(C(=O)OCC)c(Cl)c2c1. The Morgan fingerprint density at radius 3 is 3.00 bits per heavy atom. The van der Waals surface area contributed by atoms with Gasteiger partial charge in [0.25, 0.3) is 0 Å². The van der Waals surface area contributed by atoms with E-state index in [1.54, 1.807) is 13.0 Å². The molecule has 1 aromatic carbocycles. The molecule has 3 nitrogen and oxygen atoms in total. The second-order valence-corrected chi connectivity index (χ2v) is 4.07. The predicted molar refractivity (Wildman–Crippen MR) is 72.8 cm³/mol. The number of carbonyl (C=O) groups is 1. The number of pyridine rings is 1. The van der Waals surface area contributed by atoms with Crippen molar-refractivity contribution in [2.75, 3.05) is 6.61 Å². The first kappa shape index (κ1) is 12.6. The molecule has 92 valence electrons. The van der Waals surface area contributed by atoms with Crippen molar-refractivity contribution in [1.82, 2.24) is 4.98 Å². The van der Waals surface area contributed by atoms with E-state index in [1.807, 2.05) is 18.2 Å². The van der Waals surface area contributed by atoms with Crippen molar-refractivity contribution >= 4 is 34.5 Å². The molecule has 0 N–H and O–H groups in total. The number of aromatic nitrogens is 1. The summed E-state index contributed by atoms with van der Waals surface area (Å²) < 4.78 is 4.93. The summed E-state index contributed by atoms with van der Waals surface area (Å²) in [5.41, 5.74) is 1.94. The summed E-state index contributed by atoms with van der Waals surface area (Å²) in [4.78, 5) is 15.9. The van der Waals surface area contributed by atoms with E-state index < -0.39 is 5.97 Å². The van der Waals surface area contributed by atoms with Crippen LogP contribution in [0.2, 0.25) is 5.02 Å². The first-order valence-corrected chi connectivity index (χ1v) is 5.93. The molecule has 0 amide bonds. The van der Waals surface area contributed by atoms with Gasteiger partial charge in [0, 0.05) is 11.6 Å². The third-order valence-corrected chi connectivity index (χ3v) is 2.96. The zero-order chi connectivity index (χ0) is 13.1. The van der Waals surface area contributed by atoms with Crippen LogP contribution in [0.25, 0.3) is 17.0 Å². The summed E-state index contributed by atoms with van der Waals surface area (Å²) in [5, 5.41) is 1.08. The largest absolute Gasteiger partial charge is 0.462 e. The fourth-order valence-electron chi connectivity index (χ4n) is 1.66. The van der Waals surface area contributed by atoms with Crippen LogP contribution in [0.1, 0.15) is 22.8 Å². The average Bonchev–Trinajstić information content (AvgIpc) is 2.39. The number of benzene rings is 1. The normalized spacial score (nSPS) is 10.3. The number of halogens is 1. The van der Waals surface area contributed by atoms with Crippen molar-refractivity contribution in [3.63, 3.8) is 0 Å². The standard InChI is InChI=1S/C14H12ClNO2/c1-3-9-5-6-12-10(7-9)13(15)11(8-16-12)14(17)18-4-2/h3,5-8H,1,4H2,2H3. The Morgan fingerprint density at radius 1 is 1.56 bits per heavy atom. The van der Waals surface area contributed by atoms with Crippen molar-refractivity contribution in [2.45, 2.75) is 6.92 Å². The van der Waals surface area contributed by atoms with Crippen molar-refractivity contribution < 1.29 is 9.53 Å². The number of ether oxygens (including phenoxy) is 1. The van der Waals surface area contributed by atoms with Gasteiger partial charge in [-0.15, -0.1) is 0 Å². The fourth-order valence-corrected chi connectivity index (χ4v) is 1.93. The van der Waals surface area contributed by atoms with Crippen LogP contribution in [0.5, 0.6) is 0 Å². The minimum atomic E-state index is -0.457. The van der Waals surface area contributed by atoms with Crippen LogP contribution in [-0.2, 0) is 4.74 Å². The lowest BCUT2D eigenvalue weighted by Crippen LogP contribution is -2.06. The zero-order valence-electron chi connectivity index (χ0n) is 9.94. The van der Waals surface area contributed by atoms with Gasteiger partial charge in [0.1, 0.15) is 0 Å². The summed E-state index contributed by atoms with van der Waals surface area (Å²) in [7, 11) is 0. The molecule has 1 aromatic heterocycles. The number of fused-ring (bicyclic) bond motifs is 1. The van der Waals surface area contributed by atoms with E-state index in [-0.39, 0.29) is 5.56 Å². The van der Waals surface area contributed by atoms with Gasteiger partial charge in [-0.2, -0.15) is 0 Å². The molecule has 2 rings (SSSR count). The van der Waals surface area contributed by atoms with Crippen molar-refractivity contribution in [2.24, 2.45) is 0 Å². The van der Waals surface area contributed by atoms with Gasteiger partial charge >= 0.3 is 5.97 Å². The third kappa shape index (κ3) is 2.22. The molecule has 0 aliphatic rings. The maximum Gasteiger partial charge on any atom is 0.341 e. The molecular formula is C14H12ClNO2. The molecule has 0 saturated carbocycles. The van der Waals surface area contributed by atoms with Crippen LogP contribution in [0.4, 0.5) is 0 Å². The Bertz CT molecular complexity index is 622. The molecule has 0 atom stereocenters. The lowest BCUT2D eigenvalue weighted by molar-refractivity contribution is 0.0526. The molecule has 2 aromatic rings. The van der Waals surface area contributed by atoms with Crippen molar-refractivity contribution in [3.05, 3.63) is 47.1 Å². The van der Waals surface area contributed by atoms with Crippen LogP contribution in [0.3, 0.4) is 0 Å². The molecule has 1 heterocycles. The maximum absolute atomic E-state index is 11.7. The first-order valence-electron chi connectivity index (χ1n) is 5.55. The molecule has 0 aliphatic carbocycles. The highest BCUT2D eigenvalue weighted by molar-refractivity contribution is 6.38. The topological polar surface area (TPSA) is 39.2 Å². The van der Waals surface area contributed by atoms with E-state index in [0.29, 0.717) is 11.6 Å². The minimum absolute atomic E-state index is 0.284. The van der Waals surface area contributed by atoms with Crippen LogP contribution in [0, 0.1) is 0 Å². The molecular weight excluding hydrogens is 250 g/mol. The second kappa shape index (κ2) is 5.19. The number of nitrogens with zero attached hydrogens (tertiary/aromatic N) is 1. The van der Waals surface area contributed by atoms with Gasteiger partial charge < -0.3 is 4.74 Å². The van der Waals surface area contributed by atoms with E-state index >= 15 is 0 Å². The van der Waals surface area contributed by atoms with Gasteiger partial charge in [-0.25, -0.2) is 4.79 Å². The quantitative estimate of drug-likeness (QED) is 0.791.